The van der Waals surface area contributed by atoms with Gasteiger partial charge in [-0.15, -0.1) is 0 Å². The first-order valence-corrected chi connectivity index (χ1v) is 7.67. The molecule has 2 N–H and O–H groups in total. The Kier molecular flexibility index (Phi) is 4.87. The summed E-state index contributed by atoms with van der Waals surface area (Å²) in [6.45, 7) is 7.98. The molecule has 1 aromatic carbocycles. The lowest BCUT2D eigenvalue weighted by Gasteiger charge is -2.39. The fourth-order valence-electron chi connectivity index (χ4n) is 3.18. The number of nitrogens with zero attached hydrogens (tertiary/aromatic N) is 1. The number of nitrogens with two attached hydrogens (primary N) is 1. The summed E-state index contributed by atoms with van der Waals surface area (Å²) in [4.78, 5) is 2.64. The molecule has 19 heavy (non-hydrogen) atoms. The monoisotopic (exact) mass is 260 g/mol. The number of nitrogen functional groups attached to an aromatic ring is 1. The predicted molar refractivity (Wildman–Crippen MR) is 83.0 cm³/mol. The van der Waals surface area contributed by atoms with Crippen molar-refractivity contribution in [3.63, 3.8) is 0 Å². The van der Waals surface area contributed by atoms with E-state index in [4.69, 9.17) is 5.73 Å². The minimum atomic E-state index is 0.581. The number of benzene rings is 1. The first kappa shape index (κ1) is 14.4. The molecule has 0 unspecified atom stereocenters. The normalized spacial score (nSPS) is 24.1. The molecular formula is C17H28N2. The van der Waals surface area contributed by atoms with Crippen LogP contribution < -0.4 is 5.73 Å². The van der Waals surface area contributed by atoms with Gasteiger partial charge in [0.05, 0.1) is 0 Å². The molecule has 0 amide bonds. The van der Waals surface area contributed by atoms with E-state index in [1.54, 1.807) is 0 Å². The first-order chi connectivity index (χ1) is 9.08. The third-order valence-corrected chi connectivity index (χ3v) is 4.53. The summed E-state index contributed by atoms with van der Waals surface area (Å²) in [5.41, 5.74) is 8.29. The molecule has 0 saturated heterocycles. The molecule has 0 heterocycles. The minimum Gasteiger partial charge on any atom is -0.398 e. The van der Waals surface area contributed by atoms with Gasteiger partial charge in [0.1, 0.15) is 0 Å². The van der Waals surface area contributed by atoms with Crippen LogP contribution in [0.4, 0.5) is 5.69 Å². The Balaban J connectivity index is 2.06. The van der Waals surface area contributed by atoms with Crippen molar-refractivity contribution < 1.29 is 0 Å². The third kappa shape index (κ3) is 3.73. The van der Waals surface area contributed by atoms with Crippen molar-refractivity contribution in [1.82, 2.24) is 4.90 Å². The summed E-state index contributed by atoms with van der Waals surface area (Å²) >= 11 is 0. The molecule has 1 fully saturated rings. The van der Waals surface area contributed by atoms with Crippen LogP contribution >= 0.6 is 0 Å². The second-order valence-electron chi connectivity index (χ2n) is 6.38. The standard InChI is InChI=1S/C17H28N2/c1-13(2)19(16-10-8-14(3)9-11-16)12-15-6-4-5-7-17(15)18/h4-7,13-14,16H,8-12,18H2,1-3H3. The van der Waals surface area contributed by atoms with Gasteiger partial charge in [0.2, 0.25) is 0 Å². The predicted octanol–water partition coefficient (Wildman–Crippen LogP) is 4.06. The number of rotatable bonds is 4. The van der Waals surface area contributed by atoms with E-state index in [0.717, 1.165) is 24.2 Å². The molecule has 0 spiro atoms. The van der Waals surface area contributed by atoms with Crippen molar-refractivity contribution in [3.05, 3.63) is 29.8 Å². The maximum absolute atomic E-state index is 6.09. The molecule has 106 valence electrons. The van der Waals surface area contributed by atoms with Gasteiger partial charge in [-0.1, -0.05) is 25.1 Å². The maximum Gasteiger partial charge on any atom is 0.0359 e. The summed E-state index contributed by atoms with van der Waals surface area (Å²) in [6.07, 6.45) is 5.43. The first-order valence-electron chi connectivity index (χ1n) is 7.67. The van der Waals surface area contributed by atoms with Crippen LogP contribution in [-0.2, 0) is 6.54 Å². The Labute approximate surface area is 118 Å². The van der Waals surface area contributed by atoms with Crippen molar-refractivity contribution in [1.29, 1.82) is 0 Å². The van der Waals surface area contributed by atoms with Crippen LogP contribution in [0.5, 0.6) is 0 Å². The molecule has 1 aliphatic rings. The molecule has 1 aromatic rings. The molecule has 1 aliphatic carbocycles. The average molecular weight is 260 g/mol. The van der Waals surface area contributed by atoms with E-state index in [-0.39, 0.29) is 0 Å². The lowest BCUT2D eigenvalue weighted by Crippen LogP contribution is -2.41. The van der Waals surface area contributed by atoms with Gasteiger partial charge in [-0.05, 0) is 57.1 Å². The van der Waals surface area contributed by atoms with Crippen molar-refractivity contribution in [2.45, 2.75) is 65.1 Å². The van der Waals surface area contributed by atoms with Gasteiger partial charge >= 0.3 is 0 Å². The molecule has 2 heteroatoms. The Morgan fingerprint density at radius 3 is 2.37 bits per heavy atom. The molecule has 2 rings (SSSR count). The van der Waals surface area contributed by atoms with Gasteiger partial charge in [-0.2, -0.15) is 0 Å². The van der Waals surface area contributed by atoms with Gasteiger partial charge in [0.15, 0.2) is 0 Å². The van der Waals surface area contributed by atoms with E-state index in [0.29, 0.717) is 6.04 Å². The van der Waals surface area contributed by atoms with Gasteiger partial charge in [0.25, 0.3) is 0 Å². The number of hydrogen-bond donors (Lipinski definition) is 1. The second kappa shape index (κ2) is 6.42. The Hall–Kier alpha value is -1.02. The van der Waals surface area contributed by atoms with Crippen molar-refractivity contribution in [3.8, 4) is 0 Å². The fraction of sp³-hybridized carbons (Fsp3) is 0.647. The lowest BCUT2D eigenvalue weighted by molar-refractivity contribution is 0.100. The highest BCUT2D eigenvalue weighted by molar-refractivity contribution is 5.46. The Morgan fingerprint density at radius 1 is 1.16 bits per heavy atom. The van der Waals surface area contributed by atoms with Crippen molar-refractivity contribution in [2.75, 3.05) is 5.73 Å². The van der Waals surface area contributed by atoms with Gasteiger partial charge < -0.3 is 5.73 Å². The summed E-state index contributed by atoms with van der Waals surface area (Å²) in [5.74, 6) is 0.909. The number of para-hydroxylation sites is 1. The van der Waals surface area contributed by atoms with Gasteiger partial charge in [-0.3, -0.25) is 4.90 Å². The van der Waals surface area contributed by atoms with E-state index < -0.39 is 0 Å². The van der Waals surface area contributed by atoms with Crippen LogP contribution in [0.15, 0.2) is 24.3 Å². The van der Waals surface area contributed by atoms with Crippen LogP contribution in [0, 0.1) is 5.92 Å². The molecule has 0 atom stereocenters. The van der Waals surface area contributed by atoms with Gasteiger partial charge in [0, 0.05) is 24.3 Å². The van der Waals surface area contributed by atoms with Gasteiger partial charge in [-0.25, -0.2) is 0 Å². The van der Waals surface area contributed by atoms with Crippen LogP contribution in [-0.4, -0.2) is 17.0 Å². The van der Waals surface area contributed by atoms with E-state index >= 15 is 0 Å². The lowest BCUT2D eigenvalue weighted by atomic mass is 9.86. The summed E-state index contributed by atoms with van der Waals surface area (Å²) in [7, 11) is 0. The molecule has 0 bridgehead atoms. The van der Waals surface area contributed by atoms with Crippen LogP contribution in [0.1, 0.15) is 52.0 Å². The molecule has 0 aromatic heterocycles. The SMILES string of the molecule is CC1CCC(N(Cc2ccccc2N)C(C)C)CC1. The van der Waals surface area contributed by atoms with Crippen molar-refractivity contribution >= 4 is 5.69 Å². The Bertz CT molecular complexity index is 392. The minimum absolute atomic E-state index is 0.581. The highest BCUT2D eigenvalue weighted by Crippen LogP contribution is 2.29. The van der Waals surface area contributed by atoms with Crippen LogP contribution in [0.3, 0.4) is 0 Å². The highest BCUT2D eigenvalue weighted by atomic mass is 15.2. The largest absolute Gasteiger partial charge is 0.398 e. The zero-order valence-electron chi connectivity index (χ0n) is 12.6. The maximum atomic E-state index is 6.09. The number of hydrogen-bond acceptors (Lipinski definition) is 2. The fourth-order valence-corrected chi connectivity index (χ4v) is 3.18. The second-order valence-corrected chi connectivity index (χ2v) is 6.38. The zero-order valence-corrected chi connectivity index (χ0v) is 12.6. The molecule has 1 saturated carbocycles. The summed E-state index contributed by atoms with van der Waals surface area (Å²) in [5, 5.41) is 0. The smallest absolute Gasteiger partial charge is 0.0359 e. The quantitative estimate of drug-likeness (QED) is 0.827. The van der Waals surface area contributed by atoms with Crippen LogP contribution in [0.2, 0.25) is 0 Å². The van der Waals surface area contributed by atoms with E-state index in [1.807, 2.05) is 12.1 Å². The number of anilines is 1. The molecular weight excluding hydrogens is 232 g/mol. The van der Waals surface area contributed by atoms with E-state index in [1.165, 1.54) is 31.2 Å². The highest BCUT2D eigenvalue weighted by Gasteiger charge is 2.26. The molecule has 0 radical (unpaired) electrons. The topological polar surface area (TPSA) is 29.3 Å². The average Bonchev–Trinajstić information content (AvgIpc) is 2.39. The molecule has 0 aliphatic heterocycles. The van der Waals surface area contributed by atoms with E-state index in [9.17, 15) is 0 Å². The van der Waals surface area contributed by atoms with Crippen LogP contribution in [0.25, 0.3) is 0 Å². The summed E-state index contributed by atoms with van der Waals surface area (Å²) in [6, 6.07) is 9.59. The zero-order chi connectivity index (χ0) is 13.8. The molecule has 2 nitrogen and oxygen atoms in total. The van der Waals surface area contributed by atoms with Crippen molar-refractivity contribution in [2.24, 2.45) is 5.92 Å². The Morgan fingerprint density at radius 2 is 1.79 bits per heavy atom. The third-order valence-electron chi connectivity index (χ3n) is 4.53. The summed E-state index contributed by atoms with van der Waals surface area (Å²) < 4.78 is 0. The van der Waals surface area contributed by atoms with E-state index in [2.05, 4.69) is 37.8 Å².